The predicted octanol–water partition coefficient (Wildman–Crippen LogP) is 0.924. The average Bonchev–Trinajstić information content (AvgIpc) is 2.25. The normalized spacial score (nSPS) is 13.8. The summed E-state index contributed by atoms with van der Waals surface area (Å²) in [5.74, 6) is -2.75. The molecule has 6 heteroatoms. The number of aliphatic hydroxyl groups is 1. The van der Waals surface area contributed by atoms with Crippen LogP contribution in [0, 0.1) is 5.92 Å². The van der Waals surface area contributed by atoms with Gasteiger partial charge in [0.1, 0.15) is 23.3 Å². The zero-order valence-electron chi connectivity index (χ0n) is 10.4. The lowest BCUT2D eigenvalue weighted by Crippen LogP contribution is -2.15. The van der Waals surface area contributed by atoms with Crippen molar-refractivity contribution in [3.63, 3.8) is 0 Å². The Morgan fingerprint density at radius 2 is 2.00 bits per heavy atom. The summed E-state index contributed by atoms with van der Waals surface area (Å²) in [5.41, 5.74) is -0.182. The van der Waals surface area contributed by atoms with Crippen LogP contribution in [0.2, 0.25) is 0 Å². The molecule has 0 aromatic heterocycles. The number of hydrogen-bond donors (Lipinski definition) is 4. The molecule has 1 aromatic carbocycles. The van der Waals surface area contributed by atoms with Crippen molar-refractivity contribution in [1.29, 1.82) is 0 Å². The Bertz CT molecular complexity index is 480. The number of carbonyl (C=O) groups is 2. The molecule has 1 aromatic rings. The SMILES string of the molecule is CC(O)CC(C=O)Cc1cc(O)cc(O)c1C(=O)O. The highest BCUT2D eigenvalue weighted by Crippen LogP contribution is 2.29. The lowest BCUT2D eigenvalue weighted by molar-refractivity contribution is -0.111. The Kier molecular flexibility index (Phi) is 4.88. The fourth-order valence-corrected chi connectivity index (χ4v) is 1.98. The van der Waals surface area contributed by atoms with Gasteiger partial charge in [0.15, 0.2) is 0 Å². The molecule has 0 saturated carbocycles. The van der Waals surface area contributed by atoms with E-state index in [2.05, 4.69) is 0 Å². The van der Waals surface area contributed by atoms with Crippen molar-refractivity contribution in [1.82, 2.24) is 0 Å². The fourth-order valence-electron chi connectivity index (χ4n) is 1.98. The van der Waals surface area contributed by atoms with E-state index in [0.29, 0.717) is 6.29 Å². The molecule has 4 N–H and O–H groups in total. The van der Waals surface area contributed by atoms with Gasteiger partial charge in [-0.25, -0.2) is 4.79 Å². The summed E-state index contributed by atoms with van der Waals surface area (Å²) >= 11 is 0. The lowest BCUT2D eigenvalue weighted by Gasteiger charge is -2.14. The van der Waals surface area contributed by atoms with Crippen LogP contribution in [-0.4, -0.2) is 38.8 Å². The highest BCUT2D eigenvalue weighted by molar-refractivity contribution is 5.93. The Morgan fingerprint density at radius 1 is 1.37 bits per heavy atom. The van der Waals surface area contributed by atoms with Crippen molar-refractivity contribution in [3.8, 4) is 11.5 Å². The third kappa shape index (κ3) is 3.96. The second kappa shape index (κ2) is 6.19. The molecule has 0 aliphatic rings. The third-order valence-electron chi connectivity index (χ3n) is 2.72. The van der Waals surface area contributed by atoms with E-state index in [1.165, 1.54) is 13.0 Å². The smallest absolute Gasteiger partial charge is 0.339 e. The number of carboxylic acids is 1. The Labute approximate surface area is 109 Å². The number of aliphatic hydroxyl groups excluding tert-OH is 1. The van der Waals surface area contributed by atoms with Crippen LogP contribution in [0.15, 0.2) is 12.1 Å². The van der Waals surface area contributed by atoms with E-state index in [4.69, 9.17) is 5.11 Å². The zero-order valence-corrected chi connectivity index (χ0v) is 10.4. The number of aromatic carboxylic acids is 1. The largest absolute Gasteiger partial charge is 0.508 e. The first-order chi connectivity index (χ1) is 8.85. The first-order valence-electron chi connectivity index (χ1n) is 5.76. The zero-order chi connectivity index (χ0) is 14.6. The Morgan fingerprint density at radius 3 is 2.47 bits per heavy atom. The minimum absolute atomic E-state index is 0.0258. The minimum atomic E-state index is -1.34. The Balaban J connectivity index is 3.11. The molecule has 19 heavy (non-hydrogen) atoms. The summed E-state index contributed by atoms with van der Waals surface area (Å²) < 4.78 is 0. The van der Waals surface area contributed by atoms with Gasteiger partial charge in [0.2, 0.25) is 0 Å². The van der Waals surface area contributed by atoms with Crippen LogP contribution >= 0.6 is 0 Å². The molecule has 0 bridgehead atoms. The number of phenols is 2. The molecule has 104 valence electrons. The summed E-state index contributed by atoms with van der Waals surface area (Å²) in [5, 5.41) is 37.2. The summed E-state index contributed by atoms with van der Waals surface area (Å²) in [6.45, 7) is 1.52. The maximum Gasteiger partial charge on any atom is 0.339 e. The van der Waals surface area contributed by atoms with Crippen molar-refractivity contribution < 1.29 is 30.0 Å². The second-order valence-electron chi connectivity index (χ2n) is 4.49. The highest BCUT2D eigenvalue weighted by Gasteiger charge is 2.20. The van der Waals surface area contributed by atoms with Crippen LogP contribution in [-0.2, 0) is 11.2 Å². The van der Waals surface area contributed by atoms with E-state index in [9.17, 15) is 24.9 Å². The van der Waals surface area contributed by atoms with Crippen LogP contribution in [0.3, 0.4) is 0 Å². The van der Waals surface area contributed by atoms with E-state index in [-0.39, 0.29) is 29.7 Å². The van der Waals surface area contributed by atoms with Crippen molar-refractivity contribution in [2.24, 2.45) is 5.92 Å². The topological polar surface area (TPSA) is 115 Å². The van der Waals surface area contributed by atoms with Gasteiger partial charge in [0.05, 0.1) is 6.10 Å². The molecular weight excluding hydrogens is 252 g/mol. The van der Waals surface area contributed by atoms with E-state index in [1.807, 2.05) is 0 Å². The Hall–Kier alpha value is -2.08. The standard InChI is InChI=1S/C13H16O6/c1-7(15)2-8(6-14)3-9-4-10(16)5-11(17)12(9)13(18)19/h4-8,15-17H,2-3H2,1H3,(H,18,19). The maximum atomic E-state index is 11.1. The summed E-state index contributed by atoms with van der Waals surface area (Å²) in [6.07, 6.45) is 0.130. The van der Waals surface area contributed by atoms with Gasteiger partial charge < -0.3 is 25.2 Å². The number of aromatic hydroxyl groups is 2. The second-order valence-corrected chi connectivity index (χ2v) is 4.49. The quantitative estimate of drug-likeness (QED) is 0.570. The van der Waals surface area contributed by atoms with Crippen LogP contribution < -0.4 is 0 Å². The monoisotopic (exact) mass is 268 g/mol. The molecule has 0 aliphatic carbocycles. The van der Waals surface area contributed by atoms with Gasteiger partial charge in [-0.1, -0.05) is 0 Å². The molecule has 0 saturated heterocycles. The van der Waals surface area contributed by atoms with Crippen LogP contribution in [0.25, 0.3) is 0 Å². The van der Waals surface area contributed by atoms with Crippen molar-refractivity contribution >= 4 is 12.3 Å². The first-order valence-corrected chi connectivity index (χ1v) is 5.76. The maximum absolute atomic E-state index is 11.1. The third-order valence-corrected chi connectivity index (χ3v) is 2.72. The summed E-state index contributed by atoms with van der Waals surface area (Å²) in [4.78, 5) is 22.0. The van der Waals surface area contributed by atoms with Crippen LogP contribution in [0.4, 0.5) is 0 Å². The van der Waals surface area contributed by atoms with Gasteiger partial charge in [-0.15, -0.1) is 0 Å². The van der Waals surface area contributed by atoms with Crippen LogP contribution in [0.5, 0.6) is 11.5 Å². The molecule has 2 unspecified atom stereocenters. The van der Waals surface area contributed by atoms with E-state index >= 15 is 0 Å². The molecule has 0 spiro atoms. The highest BCUT2D eigenvalue weighted by atomic mass is 16.4. The molecule has 2 atom stereocenters. The molecular formula is C13H16O6. The molecule has 0 fully saturated rings. The van der Waals surface area contributed by atoms with Crippen molar-refractivity contribution in [2.75, 3.05) is 0 Å². The molecule has 0 amide bonds. The van der Waals surface area contributed by atoms with E-state index in [0.717, 1.165) is 6.07 Å². The average molecular weight is 268 g/mol. The van der Waals surface area contributed by atoms with E-state index < -0.39 is 23.7 Å². The molecule has 0 radical (unpaired) electrons. The predicted molar refractivity (Wildman–Crippen MR) is 66.3 cm³/mol. The number of benzene rings is 1. The number of rotatable bonds is 6. The van der Waals surface area contributed by atoms with Gasteiger partial charge in [0, 0.05) is 12.0 Å². The molecule has 0 aliphatic heterocycles. The van der Waals surface area contributed by atoms with Gasteiger partial charge >= 0.3 is 5.97 Å². The number of carboxylic acid groups (broad SMARTS) is 1. The molecule has 6 nitrogen and oxygen atoms in total. The first kappa shape index (κ1) is 15.0. The van der Waals surface area contributed by atoms with Gasteiger partial charge in [0.25, 0.3) is 0 Å². The minimum Gasteiger partial charge on any atom is -0.508 e. The van der Waals surface area contributed by atoms with Crippen molar-refractivity contribution in [3.05, 3.63) is 23.3 Å². The lowest BCUT2D eigenvalue weighted by atomic mass is 9.92. The van der Waals surface area contributed by atoms with Gasteiger partial charge in [-0.05, 0) is 31.4 Å². The van der Waals surface area contributed by atoms with Crippen LogP contribution in [0.1, 0.15) is 29.3 Å². The number of phenolic OH excluding ortho intramolecular Hbond substituents is 1. The summed E-state index contributed by atoms with van der Waals surface area (Å²) in [6, 6.07) is 2.12. The number of carbonyl (C=O) groups excluding carboxylic acids is 1. The van der Waals surface area contributed by atoms with Gasteiger partial charge in [-0.2, -0.15) is 0 Å². The van der Waals surface area contributed by atoms with Gasteiger partial charge in [-0.3, -0.25) is 0 Å². The van der Waals surface area contributed by atoms with Crippen molar-refractivity contribution in [2.45, 2.75) is 25.9 Å². The van der Waals surface area contributed by atoms with E-state index in [1.54, 1.807) is 0 Å². The fraction of sp³-hybridized carbons (Fsp3) is 0.385. The summed E-state index contributed by atoms with van der Waals surface area (Å²) in [7, 11) is 0. The molecule has 1 rings (SSSR count). The number of aldehydes is 1. The molecule has 0 heterocycles. The number of hydrogen-bond acceptors (Lipinski definition) is 5.